The van der Waals surface area contributed by atoms with Crippen LogP contribution in [0.4, 0.5) is 5.69 Å². The molecule has 0 saturated carbocycles. The minimum atomic E-state index is -4.18. The van der Waals surface area contributed by atoms with Crippen molar-refractivity contribution in [2.45, 2.75) is 0 Å². The first-order valence-corrected chi connectivity index (χ1v) is 6.66. The van der Waals surface area contributed by atoms with Gasteiger partial charge in [0.05, 0.1) is 0 Å². The van der Waals surface area contributed by atoms with E-state index in [4.69, 9.17) is 9.79 Å². The van der Waals surface area contributed by atoms with Gasteiger partial charge in [-0.15, -0.1) is 0 Å². The summed E-state index contributed by atoms with van der Waals surface area (Å²) in [6.07, 6.45) is -0.561. The van der Waals surface area contributed by atoms with E-state index < -0.39 is 19.4 Å². The zero-order valence-electron chi connectivity index (χ0n) is 8.75. The van der Waals surface area contributed by atoms with Crippen molar-refractivity contribution in [1.29, 1.82) is 0 Å². The number of para-hydroxylation sites is 1. The van der Waals surface area contributed by atoms with Gasteiger partial charge in [-0.05, 0) is 12.1 Å². The summed E-state index contributed by atoms with van der Waals surface area (Å²) in [4.78, 5) is 31.6. The SMILES string of the molecule is O=c1[nH]c2ccccc2cc1NCP(=O)(O)O. The van der Waals surface area contributed by atoms with Crippen LogP contribution < -0.4 is 10.9 Å². The van der Waals surface area contributed by atoms with E-state index in [1.165, 1.54) is 0 Å². The van der Waals surface area contributed by atoms with E-state index in [9.17, 15) is 9.36 Å². The Kier molecular flexibility index (Phi) is 3.02. The van der Waals surface area contributed by atoms with Crippen molar-refractivity contribution in [3.05, 3.63) is 40.7 Å². The highest BCUT2D eigenvalue weighted by molar-refractivity contribution is 7.51. The number of fused-ring (bicyclic) bond motifs is 1. The summed E-state index contributed by atoms with van der Waals surface area (Å²) in [5.41, 5.74) is 0.420. The Labute approximate surface area is 96.5 Å². The number of aromatic nitrogens is 1. The van der Waals surface area contributed by atoms with Gasteiger partial charge in [0.2, 0.25) is 0 Å². The van der Waals surface area contributed by atoms with Gasteiger partial charge in [0.25, 0.3) is 5.56 Å². The average Bonchev–Trinajstić information content (AvgIpc) is 2.25. The Hall–Kier alpha value is -1.62. The van der Waals surface area contributed by atoms with Crippen molar-refractivity contribution in [3.63, 3.8) is 0 Å². The van der Waals surface area contributed by atoms with Crippen LogP contribution in [0.3, 0.4) is 0 Å². The minimum absolute atomic E-state index is 0.145. The summed E-state index contributed by atoms with van der Waals surface area (Å²) in [6.45, 7) is 0. The van der Waals surface area contributed by atoms with Gasteiger partial charge in [0.1, 0.15) is 12.0 Å². The molecule has 2 rings (SSSR count). The van der Waals surface area contributed by atoms with E-state index in [0.717, 1.165) is 5.39 Å². The molecule has 0 amide bonds. The van der Waals surface area contributed by atoms with Crippen LogP contribution in [0.1, 0.15) is 0 Å². The Morgan fingerprint density at radius 1 is 1.29 bits per heavy atom. The fraction of sp³-hybridized carbons (Fsp3) is 0.100. The number of H-pyrrole nitrogens is 1. The van der Waals surface area contributed by atoms with Crippen molar-refractivity contribution >= 4 is 24.2 Å². The number of hydrogen-bond acceptors (Lipinski definition) is 3. The average molecular weight is 254 g/mol. The molecule has 2 aromatic rings. The molecule has 0 aliphatic heterocycles. The first-order chi connectivity index (χ1) is 7.96. The first kappa shape index (κ1) is 11.9. The fourth-order valence-corrected chi connectivity index (χ4v) is 1.84. The Balaban J connectivity index is 2.38. The van der Waals surface area contributed by atoms with Crippen LogP contribution in [-0.2, 0) is 4.57 Å². The molecule has 0 spiro atoms. The molecule has 0 aliphatic carbocycles. The summed E-state index contributed by atoms with van der Waals surface area (Å²) in [7, 11) is -4.18. The molecule has 0 unspecified atom stereocenters. The van der Waals surface area contributed by atoms with Crippen LogP contribution in [0.25, 0.3) is 10.9 Å². The predicted octanol–water partition coefficient (Wildman–Crippen LogP) is 1.08. The zero-order valence-corrected chi connectivity index (χ0v) is 9.65. The van der Waals surface area contributed by atoms with Gasteiger partial charge in [-0.1, -0.05) is 18.2 Å². The molecular formula is C10H11N2O4P. The number of nitrogens with one attached hydrogen (secondary N) is 2. The lowest BCUT2D eigenvalue weighted by Crippen LogP contribution is -2.14. The van der Waals surface area contributed by atoms with E-state index in [-0.39, 0.29) is 5.69 Å². The third-order valence-corrected chi connectivity index (χ3v) is 2.80. The number of benzene rings is 1. The third kappa shape index (κ3) is 2.94. The van der Waals surface area contributed by atoms with Crippen molar-refractivity contribution in [2.75, 3.05) is 11.6 Å². The van der Waals surface area contributed by atoms with Gasteiger partial charge in [-0.2, -0.15) is 0 Å². The van der Waals surface area contributed by atoms with E-state index in [1.54, 1.807) is 24.3 Å². The van der Waals surface area contributed by atoms with Crippen LogP contribution >= 0.6 is 7.60 Å². The second kappa shape index (κ2) is 4.33. The largest absolute Gasteiger partial charge is 0.370 e. The van der Waals surface area contributed by atoms with Gasteiger partial charge in [0.15, 0.2) is 0 Å². The van der Waals surface area contributed by atoms with E-state index >= 15 is 0 Å². The lowest BCUT2D eigenvalue weighted by molar-refractivity contribution is 0.375. The molecule has 90 valence electrons. The van der Waals surface area contributed by atoms with Crippen LogP contribution in [0.2, 0.25) is 0 Å². The van der Waals surface area contributed by atoms with Crippen LogP contribution in [-0.4, -0.2) is 21.1 Å². The molecule has 0 radical (unpaired) electrons. The van der Waals surface area contributed by atoms with E-state index in [2.05, 4.69) is 10.3 Å². The summed E-state index contributed by atoms with van der Waals surface area (Å²) < 4.78 is 10.7. The summed E-state index contributed by atoms with van der Waals surface area (Å²) in [6, 6.07) is 8.72. The Morgan fingerprint density at radius 3 is 2.71 bits per heavy atom. The maximum atomic E-state index is 11.6. The number of rotatable bonds is 3. The van der Waals surface area contributed by atoms with Crippen LogP contribution in [0.5, 0.6) is 0 Å². The van der Waals surface area contributed by atoms with Gasteiger partial charge < -0.3 is 20.1 Å². The van der Waals surface area contributed by atoms with Gasteiger partial charge in [0, 0.05) is 10.9 Å². The molecule has 1 heterocycles. The second-order valence-electron chi connectivity index (χ2n) is 3.60. The number of aromatic amines is 1. The molecule has 1 aromatic heterocycles. The Morgan fingerprint density at radius 2 is 2.00 bits per heavy atom. The molecule has 0 aliphatic rings. The minimum Gasteiger partial charge on any atom is -0.370 e. The highest BCUT2D eigenvalue weighted by atomic mass is 31.2. The standard InChI is InChI=1S/C10H11N2O4P/c13-10-9(11-6-17(14,15)16)5-7-3-1-2-4-8(7)12-10/h1-5,11H,6H2,(H,12,13)(H2,14,15,16). The molecule has 0 fully saturated rings. The molecule has 0 saturated heterocycles. The monoisotopic (exact) mass is 254 g/mol. The van der Waals surface area contributed by atoms with Crippen LogP contribution in [0.15, 0.2) is 35.1 Å². The molecule has 0 bridgehead atoms. The number of hydrogen-bond donors (Lipinski definition) is 4. The normalized spacial score (nSPS) is 11.6. The molecule has 17 heavy (non-hydrogen) atoms. The molecule has 6 nitrogen and oxygen atoms in total. The molecular weight excluding hydrogens is 243 g/mol. The lowest BCUT2D eigenvalue weighted by atomic mass is 10.2. The highest BCUT2D eigenvalue weighted by Crippen LogP contribution is 2.33. The first-order valence-electron chi connectivity index (χ1n) is 4.86. The van der Waals surface area contributed by atoms with Crippen molar-refractivity contribution in [2.24, 2.45) is 0 Å². The quantitative estimate of drug-likeness (QED) is 0.614. The van der Waals surface area contributed by atoms with Crippen molar-refractivity contribution < 1.29 is 14.4 Å². The molecule has 0 atom stereocenters. The van der Waals surface area contributed by atoms with Crippen LogP contribution in [0, 0.1) is 0 Å². The molecule has 1 aromatic carbocycles. The maximum absolute atomic E-state index is 11.6. The summed E-state index contributed by atoms with van der Waals surface area (Å²) >= 11 is 0. The highest BCUT2D eigenvalue weighted by Gasteiger charge is 2.13. The van der Waals surface area contributed by atoms with E-state index in [0.29, 0.717) is 5.52 Å². The number of anilines is 1. The Bertz CT molecular complexity index is 646. The van der Waals surface area contributed by atoms with Gasteiger partial charge in [-0.25, -0.2) is 0 Å². The number of pyridine rings is 1. The van der Waals surface area contributed by atoms with E-state index in [1.807, 2.05) is 6.07 Å². The summed E-state index contributed by atoms with van der Waals surface area (Å²) in [5, 5.41) is 3.23. The fourth-order valence-electron chi connectivity index (χ4n) is 1.47. The lowest BCUT2D eigenvalue weighted by Gasteiger charge is -2.07. The van der Waals surface area contributed by atoms with Gasteiger partial charge >= 0.3 is 7.60 Å². The predicted molar refractivity (Wildman–Crippen MR) is 65.1 cm³/mol. The topological polar surface area (TPSA) is 102 Å². The molecule has 7 heteroatoms. The second-order valence-corrected chi connectivity index (χ2v) is 5.24. The third-order valence-electron chi connectivity index (χ3n) is 2.23. The molecule has 4 N–H and O–H groups in total. The smallest absolute Gasteiger partial charge is 0.344 e. The van der Waals surface area contributed by atoms with Crippen molar-refractivity contribution in [3.8, 4) is 0 Å². The summed E-state index contributed by atoms with van der Waals surface area (Å²) in [5.74, 6) is 0. The maximum Gasteiger partial charge on any atom is 0.344 e. The van der Waals surface area contributed by atoms with Gasteiger partial charge in [-0.3, -0.25) is 9.36 Å². The van der Waals surface area contributed by atoms with Crippen molar-refractivity contribution in [1.82, 2.24) is 4.98 Å². The zero-order chi connectivity index (χ0) is 12.5.